The van der Waals surface area contributed by atoms with Gasteiger partial charge in [0.15, 0.2) is 0 Å². The van der Waals surface area contributed by atoms with E-state index in [9.17, 15) is 9.59 Å². The molecule has 146 valence electrons. The molecular weight excluding hydrogens is 360 g/mol. The van der Waals surface area contributed by atoms with Crippen LogP contribution in [-0.4, -0.2) is 48.8 Å². The summed E-state index contributed by atoms with van der Waals surface area (Å²) in [7, 11) is 0. The maximum atomic E-state index is 12.9. The first kappa shape index (κ1) is 18.1. The van der Waals surface area contributed by atoms with Crippen LogP contribution in [0.1, 0.15) is 47.8 Å². The molecule has 28 heavy (non-hydrogen) atoms. The molecule has 3 heterocycles. The van der Waals surface area contributed by atoms with E-state index in [-0.39, 0.29) is 17.5 Å². The fourth-order valence-corrected chi connectivity index (χ4v) is 3.68. The molecule has 2 aromatic heterocycles. The molecule has 0 unspecified atom stereocenters. The molecule has 1 aliphatic rings. The van der Waals surface area contributed by atoms with Crippen LogP contribution in [0.25, 0.3) is 11.4 Å². The molecule has 0 saturated carbocycles. The van der Waals surface area contributed by atoms with Crippen LogP contribution in [0.15, 0.2) is 33.6 Å². The first-order valence-electron chi connectivity index (χ1n) is 9.42. The standard InChI is InChI=1S/C19H22N6O3/c1-3-25-17(21-22-19(25)27)13-7-9-24(10-8-13)18(26)15-6-4-5-14(11-15)16-20-12(2)28-23-16/h4-6,11,13H,3,7-10H2,1-2H3,(H,22,27). The highest BCUT2D eigenvalue weighted by Crippen LogP contribution is 2.27. The fourth-order valence-electron chi connectivity index (χ4n) is 3.68. The van der Waals surface area contributed by atoms with Gasteiger partial charge < -0.3 is 9.42 Å². The minimum atomic E-state index is -0.176. The Morgan fingerprint density at radius 1 is 1.32 bits per heavy atom. The summed E-state index contributed by atoms with van der Waals surface area (Å²) in [5.74, 6) is 1.90. The van der Waals surface area contributed by atoms with Crippen LogP contribution in [-0.2, 0) is 6.54 Å². The van der Waals surface area contributed by atoms with Gasteiger partial charge in [0.1, 0.15) is 5.82 Å². The van der Waals surface area contributed by atoms with Crippen molar-refractivity contribution in [3.8, 4) is 11.4 Å². The molecule has 9 heteroatoms. The third-order valence-corrected chi connectivity index (χ3v) is 5.15. The van der Waals surface area contributed by atoms with E-state index in [4.69, 9.17) is 4.52 Å². The molecular formula is C19H22N6O3. The summed E-state index contributed by atoms with van der Waals surface area (Å²) in [4.78, 5) is 30.8. The Hall–Kier alpha value is -3.23. The molecule has 3 aromatic rings. The summed E-state index contributed by atoms with van der Waals surface area (Å²) >= 11 is 0. The first-order chi connectivity index (χ1) is 13.6. The minimum Gasteiger partial charge on any atom is -0.339 e. The smallest absolute Gasteiger partial charge is 0.339 e. The monoisotopic (exact) mass is 382 g/mol. The Morgan fingerprint density at radius 2 is 2.11 bits per heavy atom. The number of aryl methyl sites for hydroxylation is 1. The number of piperidine rings is 1. The van der Waals surface area contributed by atoms with Crippen molar-refractivity contribution in [1.82, 2.24) is 29.8 Å². The molecule has 0 spiro atoms. The zero-order valence-corrected chi connectivity index (χ0v) is 15.9. The van der Waals surface area contributed by atoms with Gasteiger partial charge in [0.05, 0.1) is 0 Å². The molecule has 0 bridgehead atoms. The molecule has 1 aliphatic heterocycles. The summed E-state index contributed by atoms with van der Waals surface area (Å²) in [6, 6.07) is 7.27. The van der Waals surface area contributed by atoms with Gasteiger partial charge in [-0.25, -0.2) is 9.89 Å². The molecule has 0 radical (unpaired) electrons. The topological polar surface area (TPSA) is 110 Å². The van der Waals surface area contributed by atoms with Crippen LogP contribution < -0.4 is 5.69 Å². The van der Waals surface area contributed by atoms with Crippen LogP contribution in [0, 0.1) is 6.92 Å². The lowest BCUT2D eigenvalue weighted by Crippen LogP contribution is -2.38. The quantitative estimate of drug-likeness (QED) is 0.739. The minimum absolute atomic E-state index is 0.0181. The van der Waals surface area contributed by atoms with Gasteiger partial charge in [-0.15, -0.1) is 0 Å². The maximum absolute atomic E-state index is 12.9. The Bertz CT molecular complexity index is 1040. The van der Waals surface area contributed by atoms with Crippen LogP contribution in [0.2, 0.25) is 0 Å². The van der Waals surface area contributed by atoms with Gasteiger partial charge in [-0.3, -0.25) is 9.36 Å². The average Bonchev–Trinajstić information content (AvgIpc) is 3.33. The average molecular weight is 382 g/mol. The van der Waals surface area contributed by atoms with E-state index in [0.717, 1.165) is 24.2 Å². The number of carbonyl (C=O) groups is 1. The van der Waals surface area contributed by atoms with Gasteiger partial charge in [0.2, 0.25) is 11.7 Å². The lowest BCUT2D eigenvalue weighted by atomic mass is 9.95. The Morgan fingerprint density at radius 3 is 2.79 bits per heavy atom. The van der Waals surface area contributed by atoms with E-state index in [1.54, 1.807) is 23.6 Å². The Balaban J connectivity index is 1.46. The molecule has 0 atom stereocenters. The number of nitrogens with one attached hydrogen (secondary N) is 1. The van der Waals surface area contributed by atoms with E-state index in [1.807, 2.05) is 24.0 Å². The summed E-state index contributed by atoms with van der Waals surface area (Å²) in [6.45, 7) is 5.50. The number of hydrogen-bond acceptors (Lipinski definition) is 6. The first-order valence-corrected chi connectivity index (χ1v) is 9.42. The number of amides is 1. The second-order valence-electron chi connectivity index (χ2n) is 6.92. The number of nitrogens with zero attached hydrogens (tertiary/aromatic N) is 5. The highest BCUT2D eigenvalue weighted by molar-refractivity contribution is 5.95. The van der Waals surface area contributed by atoms with Gasteiger partial charge in [0, 0.05) is 43.6 Å². The Labute approximate surface area is 161 Å². The van der Waals surface area contributed by atoms with Crippen molar-refractivity contribution in [3.63, 3.8) is 0 Å². The van der Waals surface area contributed by atoms with Gasteiger partial charge >= 0.3 is 5.69 Å². The van der Waals surface area contributed by atoms with Crippen LogP contribution in [0.3, 0.4) is 0 Å². The third kappa shape index (κ3) is 3.35. The summed E-state index contributed by atoms with van der Waals surface area (Å²) in [5, 5.41) is 10.6. The molecule has 1 amide bonds. The third-order valence-electron chi connectivity index (χ3n) is 5.15. The Kier molecular flexibility index (Phi) is 4.81. The second kappa shape index (κ2) is 7.41. The zero-order chi connectivity index (χ0) is 19.7. The summed E-state index contributed by atoms with van der Waals surface area (Å²) in [5.41, 5.74) is 1.18. The largest absolute Gasteiger partial charge is 0.343 e. The van der Waals surface area contributed by atoms with Crippen molar-refractivity contribution in [2.45, 2.75) is 39.2 Å². The maximum Gasteiger partial charge on any atom is 0.343 e. The summed E-state index contributed by atoms with van der Waals surface area (Å²) < 4.78 is 6.69. The molecule has 1 saturated heterocycles. The molecule has 9 nitrogen and oxygen atoms in total. The summed E-state index contributed by atoms with van der Waals surface area (Å²) in [6.07, 6.45) is 1.56. The number of carbonyl (C=O) groups excluding carboxylic acids is 1. The lowest BCUT2D eigenvalue weighted by Gasteiger charge is -2.31. The number of hydrogen-bond donors (Lipinski definition) is 1. The van der Waals surface area contributed by atoms with Crippen molar-refractivity contribution in [2.24, 2.45) is 0 Å². The van der Waals surface area contributed by atoms with Crippen molar-refractivity contribution in [2.75, 3.05) is 13.1 Å². The highest BCUT2D eigenvalue weighted by atomic mass is 16.5. The molecule has 4 rings (SSSR count). The van der Waals surface area contributed by atoms with E-state index in [1.165, 1.54) is 0 Å². The van der Waals surface area contributed by atoms with Crippen molar-refractivity contribution in [1.29, 1.82) is 0 Å². The molecule has 1 fully saturated rings. The second-order valence-corrected chi connectivity index (χ2v) is 6.92. The van der Waals surface area contributed by atoms with E-state index >= 15 is 0 Å². The van der Waals surface area contributed by atoms with Crippen molar-refractivity contribution >= 4 is 5.91 Å². The van der Waals surface area contributed by atoms with Crippen molar-refractivity contribution in [3.05, 3.63) is 52.0 Å². The normalized spacial score (nSPS) is 15.1. The number of aromatic nitrogens is 5. The van der Waals surface area contributed by atoms with Crippen LogP contribution in [0.4, 0.5) is 0 Å². The highest BCUT2D eigenvalue weighted by Gasteiger charge is 2.28. The SMILES string of the molecule is CCn1c(C2CCN(C(=O)c3cccc(-c4noc(C)n4)c3)CC2)n[nH]c1=O. The van der Waals surface area contributed by atoms with E-state index in [2.05, 4.69) is 20.3 Å². The fraction of sp³-hybridized carbons (Fsp3) is 0.421. The predicted octanol–water partition coefficient (Wildman–Crippen LogP) is 1.97. The lowest BCUT2D eigenvalue weighted by molar-refractivity contribution is 0.0710. The van der Waals surface area contributed by atoms with Gasteiger partial charge in [-0.2, -0.15) is 10.1 Å². The predicted molar refractivity (Wildman–Crippen MR) is 101 cm³/mol. The number of rotatable bonds is 4. The molecule has 1 aromatic carbocycles. The van der Waals surface area contributed by atoms with Crippen LogP contribution >= 0.6 is 0 Å². The number of likely N-dealkylation sites (tertiary alicyclic amines) is 1. The van der Waals surface area contributed by atoms with Crippen LogP contribution in [0.5, 0.6) is 0 Å². The van der Waals surface area contributed by atoms with Crippen molar-refractivity contribution < 1.29 is 9.32 Å². The zero-order valence-electron chi connectivity index (χ0n) is 15.9. The number of H-pyrrole nitrogens is 1. The molecule has 1 N–H and O–H groups in total. The molecule has 0 aliphatic carbocycles. The number of aromatic amines is 1. The van der Waals surface area contributed by atoms with E-state index < -0.39 is 0 Å². The van der Waals surface area contributed by atoms with E-state index in [0.29, 0.717) is 36.9 Å². The van der Waals surface area contributed by atoms with Gasteiger partial charge in [-0.05, 0) is 31.9 Å². The number of benzene rings is 1. The van der Waals surface area contributed by atoms with Gasteiger partial charge in [-0.1, -0.05) is 17.3 Å². The van der Waals surface area contributed by atoms with Gasteiger partial charge in [0.25, 0.3) is 5.91 Å².